The van der Waals surface area contributed by atoms with Crippen molar-refractivity contribution >= 4 is 15.9 Å². The van der Waals surface area contributed by atoms with Gasteiger partial charge in [0.25, 0.3) is 0 Å². The third-order valence-corrected chi connectivity index (χ3v) is 4.37. The van der Waals surface area contributed by atoms with Gasteiger partial charge in [0.05, 0.1) is 29.1 Å². The van der Waals surface area contributed by atoms with Crippen LogP contribution in [0.4, 0.5) is 0 Å². The molecule has 6 heteroatoms. The molecular weight excluding hydrogens is 322 g/mol. The maximum atomic E-state index is 5.54. The average Bonchev–Trinajstić information content (AvgIpc) is 2.73. The molecule has 116 valence electrons. The summed E-state index contributed by atoms with van der Waals surface area (Å²) in [7, 11) is 3.68. The van der Waals surface area contributed by atoms with Crippen molar-refractivity contribution in [1.29, 1.82) is 0 Å². The van der Waals surface area contributed by atoms with Gasteiger partial charge in [-0.05, 0) is 43.2 Å². The predicted octanol–water partition coefficient (Wildman–Crippen LogP) is 2.16. The third kappa shape index (κ3) is 5.16. The van der Waals surface area contributed by atoms with Crippen molar-refractivity contribution in [2.24, 2.45) is 0 Å². The first-order valence-electron chi connectivity index (χ1n) is 7.09. The summed E-state index contributed by atoms with van der Waals surface area (Å²) in [6, 6.07) is 0.384. The lowest BCUT2D eigenvalue weighted by molar-refractivity contribution is 0.0660. The summed E-state index contributed by atoms with van der Waals surface area (Å²) >= 11 is 3.64. The number of ether oxygens (including phenoxy) is 2. The molecule has 1 atom stereocenters. The van der Waals surface area contributed by atoms with Crippen molar-refractivity contribution in [3.05, 3.63) is 15.9 Å². The van der Waals surface area contributed by atoms with Gasteiger partial charge in [-0.15, -0.1) is 0 Å². The number of aromatic nitrogens is 2. The predicted molar refractivity (Wildman–Crippen MR) is 84.2 cm³/mol. The first-order valence-corrected chi connectivity index (χ1v) is 7.89. The summed E-state index contributed by atoms with van der Waals surface area (Å²) in [5.74, 6) is 0. The fourth-order valence-electron chi connectivity index (χ4n) is 2.12. The van der Waals surface area contributed by atoms with Crippen LogP contribution in [-0.2, 0) is 22.4 Å². The number of nitrogens with zero attached hydrogens (tertiary/aromatic N) is 2. The van der Waals surface area contributed by atoms with E-state index in [0.717, 1.165) is 36.2 Å². The van der Waals surface area contributed by atoms with Crippen LogP contribution in [0.25, 0.3) is 0 Å². The number of likely N-dealkylation sites (N-methyl/N-ethyl adjacent to an activating group) is 1. The van der Waals surface area contributed by atoms with Crippen LogP contribution < -0.4 is 5.32 Å². The van der Waals surface area contributed by atoms with Crippen molar-refractivity contribution in [2.45, 2.75) is 39.3 Å². The Hall–Kier alpha value is -0.430. The lowest BCUT2D eigenvalue weighted by Crippen LogP contribution is -2.30. The molecule has 0 aromatic carbocycles. The van der Waals surface area contributed by atoms with Crippen LogP contribution in [0, 0.1) is 6.92 Å². The highest BCUT2D eigenvalue weighted by Crippen LogP contribution is 2.22. The minimum Gasteiger partial charge on any atom is -0.382 e. The summed E-state index contributed by atoms with van der Waals surface area (Å²) in [6.45, 7) is 7.08. The van der Waals surface area contributed by atoms with Gasteiger partial charge in [-0.3, -0.25) is 4.68 Å². The molecule has 0 radical (unpaired) electrons. The molecule has 1 aromatic rings. The quantitative estimate of drug-likeness (QED) is 0.659. The van der Waals surface area contributed by atoms with E-state index in [1.54, 1.807) is 7.11 Å². The average molecular weight is 348 g/mol. The van der Waals surface area contributed by atoms with Crippen molar-refractivity contribution in [3.8, 4) is 0 Å². The van der Waals surface area contributed by atoms with Gasteiger partial charge in [-0.25, -0.2) is 0 Å². The zero-order chi connectivity index (χ0) is 15.0. The lowest BCUT2D eigenvalue weighted by Gasteiger charge is -2.17. The highest BCUT2D eigenvalue weighted by molar-refractivity contribution is 9.10. The van der Waals surface area contributed by atoms with E-state index in [0.29, 0.717) is 19.3 Å². The molecule has 1 unspecified atom stereocenters. The number of nitrogens with one attached hydrogen (secondary N) is 1. The molecule has 20 heavy (non-hydrogen) atoms. The molecule has 0 aliphatic rings. The Morgan fingerprint density at radius 2 is 2.10 bits per heavy atom. The van der Waals surface area contributed by atoms with Crippen molar-refractivity contribution < 1.29 is 9.47 Å². The summed E-state index contributed by atoms with van der Waals surface area (Å²) in [6.07, 6.45) is 1.92. The van der Waals surface area contributed by atoms with Crippen LogP contribution in [0.15, 0.2) is 4.47 Å². The Kier molecular flexibility index (Phi) is 8.37. The Balaban J connectivity index is 2.51. The van der Waals surface area contributed by atoms with Crippen LogP contribution in [0.1, 0.15) is 24.7 Å². The molecule has 1 aromatic heterocycles. The molecule has 0 aliphatic carbocycles. The van der Waals surface area contributed by atoms with Crippen molar-refractivity contribution in [1.82, 2.24) is 15.1 Å². The molecular formula is C14H26BrN3O2. The first-order chi connectivity index (χ1) is 9.63. The molecule has 0 amide bonds. The Morgan fingerprint density at radius 1 is 1.35 bits per heavy atom. The van der Waals surface area contributed by atoms with Crippen molar-refractivity contribution in [3.63, 3.8) is 0 Å². The molecule has 0 saturated heterocycles. The monoisotopic (exact) mass is 347 g/mol. The minimum atomic E-state index is 0.384. The maximum Gasteiger partial charge on any atom is 0.0738 e. The van der Waals surface area contributed by atoms with Crippen LogP contribution in [0.5, 0.6) is 0 Å². The van der Waals surface area contributed by atoms with Gasteiger partial charge < -0.3 is 14.8 Å². The topological polar surface area (TPSA) is 48.3 Å². The van der Waals surface area contributed by atoms with Crippen LogP contribution in [-0.4, -0.2) is 49.8 Å². The van der Waals surface area contributed by atoms with Crippen molar-refractivity contribution in [2.75, 3.05) is 34.0 Å². The van der Waals surface area contributed by atoms with Gasteiger partial charge >= 0.3 is 0 Å². The SMILES string of the molecule is CCn1nc(C)c(Br)c1CC(CCOCCOC)NC. The minimum absolute atomic E-state index is 0.384. The summed E-state index contributed by atoms with van der Waals surface area (Å²) < 4.78 is 13.7. The molecule has 1 N–H and O–H groups in total. The second kappa shape index (κ2) is 9.50. The van der Waals surface area contributed by atoms with E-state index >= 15 is 0 Å². The van der Waals surface area contributed by atoms with E-state index in [-0.39, 0.29) is 0 Å². The number of hydrogen-bond donors (Lipinski definition) is 1. The Bertz CT molecular complexity index is 396. The lowest BCUT2D eigenvalue weighted by atomic mass is 10.1. The number of hydrogen-bond acceptors (Lipinski definition) is 4. The number of halogens is 1. The molecule has 0 bridgehead atoms. The summed E-state index contributed by atoms with van der Waals surface area (Å²) in [5, 5.41) is 7.89. The largest absolute Gasteiger partial charge is 0.382 e. The highest BCUT2D eigenvalue weighted by Gasteiger charge is 2.16. The highest BCUT2D eigenvalue weighted by atomic mass is 79.9. The second-order valence-corrected chi connectivity index (χ2v) is 5.54. The number of aryl methyl sites for hydroxylation is 2. The molecule has 0 aliphatic heterocycles. The molecule has 1 heterocycles. The first kappa shape index (κ1) is 17.6. The number of methoxy groups -OCH3 is 1. The second-order valence-electron chi connectivity index (χ2n) is 4.75. The zero-order valence-corrected chi connectivity index (χ0v) is 14.5. The summed E-state index contributed by atoms with van der Waals surface area (Å²) in [5.41, 5.74) is 2.30. The van der Waals surface area contributed by atoms with E-state index in [2.05, 4.69) is 38.0 Å². The number of rotatable bonds is 10. The van der Waals surface area contributed by atoms with E-state index in [1.807, 2.05) is 14.0 Å². The van der Waals surface area contributed by atoms with Gasteiger partial charge in [0.2, 0.25) is 0 Å². The standard InChI is InChI=1S/C14H26BrN3O2/c1-5-18-13(14(15)11(2)17-18)10-12(16-3)6-7-20-9-8-19-4/h12,16H,5-10H2,1-4H3. The molecule has 0 saturated carbocycles. The molecule has 5 nitrogen and oxygen atoms in total. The van der Waals surface area contributed by atoms with Crippen LogP contribution >= 0.6 is 15.9 Å². The maximum absolute atomic E-state index is 5.54. The molecule has 0 spiro atoms. The Labute approximate surface area is 130 Å². The van der Waals surface area contributed by atoms with Crippen LogP contribution in [0.3, 0.4) is 0 Å². The van der Waals surface area contributed by atoms with Gasteiger partial charge in [-0.2, -0.15) is 5.10 Å². The van der Waals surface area contributed by atoms with E-state index in [9.17, 15) is 0 Å². The van der Waals surface area contributed by atoms with E-state index in [4.69, 9.17) is 9.47 Å². The normalized spacial score (nSPS) is 12.8. The van der Waals surface area contributed by atoms with Gasteiger partial charge in [0, 0.05) is 32.7 Å². The van der Waals surface area contributed by atoms with Gasteiger partial charge in [0.1, 0.15) is 0 Å². The van der Waals surface area contributed by atoms with E-state index in [1.165, 1.54) is 5.69 Å². The van der Waals surface area contributed by atoms with E-state index < -0.39 is 0 Å². The Morgan fingerprint density at radius 3 is 2.70 bits per heavy atom. The van der Waals surface area contributed by atoms with Gasteiger partial charge in [-0.1, -0.05) is 0 Å². The fraction of sp³-hybridized carbons (Fsp3) is 0.786. The third-order valence-electron chi connectivity index (χ3n) is 3.34. The van der Waals surface area contributed by atoms with Gasteiger partial charge in [0.15, 0.2) is 0 Å². The molecule has 1 rings (SSSR count). The molecule has 0 fully saturated rings. The fourth-order valence-corrected chi connectivity index (χ4v) is 2.56. The zero-order valence-electron chi connectivity index (χ0n) is 12.9. The smallest absolute Gasteiger partial charge is 0.0738 e. The summed E-state index contributed by atoms with van der Waals surface area (Å²) in [4.78, 5) is 0. The van der Waals surface area contributed by atoms with Crippen LogP contribution in [0.2, 0.25) is 0 Å².